The van der Waals surface area contributed by atoms with Crippen molar-refractivity contribution < 1.29 is 41.0 Å². The Morgan fingerprint density at radius 1 is 0.750 bits per heavy atom. The Labute approximate surface area is 388 Å². The van der Waals surface area contributed by atoms with Gasteiger partial charge in [0.1, 0.15) is 5.58 Å². The van der Waals surface area contributed by atoms with Crippen LogP contribution < -0.4 is 0 Å². The fraction of sp³-hybridized carbons (Fsp3) is 0.321. The third-order valence-electron chi connectivity index (χ3n) is 11.4. The predicted octanol–water partition coefficient (Wildman–Crippen LogP) is 15.6. The van der Waals surface area contributed by atoms with Gasteiger partial charge in [-0.05, 0) is 94.1 Å². The van der Waals surface area contributed by atoms with E-state index in [1.165, 1.54) is 24.5 Å². The van der Waals surface area contributed by atoms with Gasteiger partial charge in [0.15, 0.2) is 0 Å². The van der Waals surface area contributed by atoms with Crippen LogP contribution in [-0.4, -0.2) is 9.97 Å². The van der Waals surface area contributed by atoms with Crippen molar-refractivity contribution >= 4 is 32.7 Å². The molecule has 309 valence electrons. The summed E-state index contributed by atoms with van der Waals surface area (Å²) >= 11 is 0. The van der Waals surface area contributed by atoms with Crippen LogP contribution >= 0.6 is 0 Å². The Morgan fingerprint density at radius 3 is 2.17 bits per heavy atom. The molecule has 0 aliphatic heterocycles. The van der Waals surface area contributed by atoms with E-state index in [0.29, 0.717) is 44.8 Å². The minimum atomic E-state index is -2.54. The van der Waals surface area contributed by atoms with Gasteiger partial charge >= 0.3 is 0 Å². The molecule has 9 rings (SSSR count). The van der Waals surface area contributed by atoms with Crippen molar-refractivity contribution in [2.24, 2.45) is 16.2 Å². The number of rotatable bonds is 5. The van der Waals surface area contributed by atoms with Crippen LogP contribution in [0.1, 0.15) is 118 Å². The first-order valence-corrected chi connectivity index (χ1v) is 20.3. The van der Waals surface area contributed by atoms with Gasteiger partial charge in [-0.3, -0.25) is 0 Å². The summed E-state index contributed by atoms with van der Waals surface area (Å²) in [5, 5.41) is 4.11. The monoisotopic (exact) mass is 979 g/mol. The van der Waals surface area contributed by atoms with Crippen LogP contribution in [0.4, 0.5) is 0 Å². The maximum Gasteiger partial charge on any atom is 0.128 e. The molecule has 3 nitrogen and oxygen atoms in total. The van der Waals surface area contributed by atoms with E-state index in [1.807, 2.05) is 60.7 Å². The van der Waals surface area contributed by atoms with E-state index in [4.69, 9.17) is 19.5 Å². The Hall–Kier alpha value is -4.89. The van der Waals surface area contributed by atoms with Crippen molar-refractivity contribution in [2.75, 3.05) is 0 Å². The minimum absolute atomic E-state index is 0. The zero-order valence-electron chi connectivity index (χ0n) is 47.2. The maximum absolute atomic E-state index is 9.98. The van der Waals surface area contributed by atoms with Gasteiger partial charge in [-0.1, -0.05) is 163 Å². The van der Waals surface area contributed by atoms with Crippen molar-refractivity contribution in [2.45, 2.75) is 101 Å². The molecule has 60 heavy (non-hydrogen) atoms. The topological polar surface area (TPSA) is 38.9 Å². The van der Waals surface area contributed by atoms with Crippen molar-refractivity contribution in [1.29, 1.82) is 0 Å². The molecule has 1 radical (unpaired) electrons. The molecule has 0 unspecified atom stereocenters. The average molecular weight is 979 g/mol. The zero-order chi connectivity index (χ0) is 51.9. The summed E-state index contributed by atoms with van der Waals surface area (Å²) < 4.78 is 106. The molecule has 4 heteroatoms. The molecule has 0 spiro atoms. The number of aryl methyl sites for hydroxylation is 3. The van der Waals surface area contributed by atoms with Crippen LogP contribution in [0.5, 0.6) is 0 Å². The molecule has 3 aromatic heterocycles. The summed E-state index contributed by atoms with van der Waals surface area (Å²) in [5.41, 5.74) is 3.68. The van der Waals surface area contributed by atoms with Crippen molar-refractivity contribution in [3.8, 4) is 33.6 Å². The summed E-state index contributed by atoms with van der Waals surface area (Å²) in [6.07, 6.45) is 3.41. The fourth-order valence-corrected chi connectivity index (χ4v) is 8.93. The second-order valence-electron chi connectivity index (χ2n) is 18.0. The second kappa shape index (κ2) is 16.9. The summed E-state index contributed by atoms with van der Waals surface area (Å²) in [6.45, 7) is 6.25. The second-order valence-corrected chi connectivity index (χ2v) is 18.0. The zero-order valence-corrected chi connectivity index (χ0v) is 37.6. The standard InChI is InChI=1S/C32H32NO.C24H26N.Ir/c1-20-19-33-27(18-26(20)30-31(2,3)16-9-17-32(30,4)5)25-13-8-12-23-24-15-14-21-10-6-7-11-22(21)28(24)34-29(23)25;1-17-11-12-20(13-22(17)19-9-7-6-8-10-19)23-14-21(15-24(3,4)5)18(2)16-25-23;/h6-8,10-12,14-15,18-19,30H,9,16-17H2,1-5H3;6-11,13-14,16H,15H2,1-5H3;/q2*-1;/i1D3,30D;1D3,2D3,15D2;. The van der Waals surface area contributed by atoms with Crippen molar-refractivity contribution in [3.05, 3.63) is 155 Å². The molecule has 1 aliphatic rings. The van der Waals surface area contributed by atoms with Crippen LogP contribution in [0, 0.1) is 48.9 Å². The first kappa shape index (κ1) is 30.2. The number of aromatic nitrogens is 2. The van der Waals surface area contributed by atoms with Gasteiger partial charge in [-0.25, -0.2) is 0 Å². The summed E-state index contributed by atoms with van der Waals surface area (Å²) in [6, 6.07) is 37.9. The van der Waals surface area contributed by atoms with Crippen molar-refractivity contribution in [1.82, 2.24) is 9.97 Å². The molecule has 0 bridgehead atoms. The number of benzene rings is 5. The SMILES string of the molecule is [2H]C([2H])([2H])c1c[c-]c(-c2cc(C([2H])([2H])C(C)(C)C)c(C([2H])([2H])[2H])cn2)cc1-c1ccccc1.[2H]C([2H])([2H])c1cnc(-c2[c-]ccc3c2oc2c4ccccc4ccc32)cc1C1([2H])C(C)(C)CCCC1(C)C.[Ir]. The van der Waals surface area contributed by atoms with E-state index >= 15 is 0 Å². The number of hydrogen-bond acceptors (Lipinski definition) is 3. The molecule has 1 saturated carbocycles. The van der Waals surface area contributed by atoms with Crippen molar-refractivity contribution in [3.63, 3.8) is 0 Å². The Balaban J connectivity index is 0.000000211. The molecule has 8 aromatic rings. The van der Waals surface area contributed by atoms with Crippen LogP contribution in [0.2, 0.25) is 0 Å². The Bertz CT molecular complexity index is 3280. The molecular formula is C56H58IrN2O-2. The van der Waals surface area contributed by atoms with Gasteiger partial charge in [0, 0.05) is 59.7 Å². The smallest absolute Gasteiger partial charge is 0.128 e. The molecule has 0 atom stereocenters. The maximum atomic E-state index is 9.98. The number of pyridine rings is 2. The normalized spacial score (nSPS) is 19.4. The fourth-order valence-electron chi connectivity index (χ4n) is 8.93. The summed E-state index contributed by atoms with van der Waals surface area (Å²) in [7, 11) is 0. The van der Waals surface area contributed by atoms with Crippen LogP contribution in [-0.2, 0) is 26.5 Å². The Kier molecular flexibility index (Phi) is 8.49. The molecule has 1 aliphatic carbocycles. The minimum Gasteiger partial charge on any atom is -0.500 e. The molecule has 5 aromatic carbocycles. The number of fused-ring (bicyclic) bond motifs is 5. The summed E-state index contributed by atoms with van der Waals surface area (Å²) in [4.78, 5) is 8.95. The third kappa shape index (κ3) is 8.65. The molecule has 0 saturated heterocycles. The summed E-state index contributed by atoms with van der Waals surface area (Å²) in [5.74, 6) is -1.13. The van der Waals surface area contributed by atoms with E-state index in [-0.39, 0.29) is 42.4 Å². The van der Waals surface area contributed by atoms with Crippen LogP contribution in [0.3, 0.4) is 0 Å². The molecular weight excluding hydrogens is 909 g/mol. The van der Waals surface area contributed by atoms with Gasteiger partial charge in [-0.2, -0.15) is 0 Å². The first-order chi connectivity index (χ1) is 32.9. The van der Waals surface area contributed by atoms with Gasteiger partial charge in [0.05, 0.1) is 5.58 Å². The van der Waals surface area contributed by atoms with Gasteiger partial charge in [0.25, 0.3) is 0 Å². The largest absolute Gasteiger partial charge is 0.500 e. The molecule has 3 heterocycles. The van der Waals surface area contributed by atoms with Crippen LogP contribution in [0.15, 0.2) is 120 Å². The van der Waals surface area contributed by atoms with Gasteiger partial charge < -0.3 is 14.4 Å². The van der Waals surface area contributed by atoms with Gasteiger partial charge in [-0.15, -0.1) is 47.5 Å². The molecule has 0 N–H and O–H groups in total. The van der Waals surface area contributed by atoms with E-state index in [9.17, 15) is 1.37 Å². The number of hydrogen-bond donors (Lipinski definition) is 0. The molecule has 0 amide bonds. The molecule has 1 fully saturated rings. The van der Waals surface area contributed by atoms with E-state index in [0.717, 1.165) is 46.4 Å². The van der Waals surface area contributed by atoms with Gasteiger partial charge in [0.2, 0.25) is 0 Å². The van der Waals surface area contributed by atoms with Crippen LogP contribution in [0.25, 0.3) is 66.4 Å². The average Bonchev–Trinajstić information content (AvgIpc) is 3.69. The predicted molar refractivity (Wildman–Crippen MR) is 249 cm³/mol. The number of nitrogens with zero attached hydrogens (tertiary/aromatic N) is 2. The Morgan fingerprint density at radius 2 is 1.43 bits per heavy atom. The first-order valence-electron chi connectivity index (χ1n) is 26.3. The third-order valence-corrected chi connectivity index (χ3v) is 11.4. The number of furan rings is 1. The quantitative estimate of drug-likeness (QED) is 0.161. The van der Waals surface area contributed by atoms with E-state index in [2.05, 4.69) is 74.1 Å². The van der Waals surface area contributed by atoms with E-state index in [1.54, 1.807) is 26.8 Å². The van der Waals surface area contributed by atoms with E-state index < -0.39 is 49.1 Å².